The number of fused-ring (bicyclic) bond motifs is 1. The highest BCUT2D eigenvalue weighted by molar-refractivity contribution is 5.39. The maximum atomic E-state index is 11.9. The van der Waals surface area contributed by atoms with Gasteiger partial charge in [0.2, 0.25) is 0 Å². The van der Waals surface area contributed by atoms with E-state index in [4.69, 9.17) is 4.74 Å². The topological polar surface area (TPSA) is 21.3 Å². The third-order valence-corrected chi connectivity index (χ3v) is 2.19. The van der Waals surface area contributed by atoms with Crippen LogP contribution in [-0.2, 0) is 0 Å². The van der Waals surface area contributed by atoms with Gasteiger partial charge in [0.25, 0.3) is 0 Å². The van der Waals surface area contributed by atoms with Gasteiger partial charge >= 0.3 is 0 Å². The molecule has 1 aromatic rings. The maximum Gasteiger partial charge on any atom is 0.124 e. The van der Waals surface area contributed by atoms with Crippen molar-refractivity contribution in [1.29, 1.82) is 0 Å². The SMILES string of the molecule is FCCNC1COc2ccccc21. The Labute approximate surface area is 76.7 Å². The number of hydrogen-bond donors (Lipinski definition) is 1. The number of hydrogen-bond acceptors (Lipinski definition) is 2. The van der Waals surface area contributed by atoms with Gasteiger partial charge in [0, 0.05) is 12.1 Å². The monoisotopic (exact) mass is 181 g/mol. The van der Waals surface area contributed by atoms with Crippen molar-refractivity contribution in [3.63, 3.8) is 0 Å². The molecule has 1 atom stereocenters. The quantitative estimate of drug-likeness (QED) is 0.766. The lowest BCUT2D eigenvalue weighted by Gasteiger charge is -2.08. The van der Waals surface area contributed by atoms with Gasteiger partial charge in [-0.05, 0) is 6.07 Å². The largest absolute Gasteiger partial charge is 0.491 e. The summed E-state index contributed by atoms with van der Waals surface area (Å²) in [5.41, 5.74) is 1.14. The van der Waals surface area contributed by atoms with Gasteiger partial charge in [-0.3, -0.25) is 0 Å². The number of nitrogens with one attached hydrogen (secondary N) is 1. The summed E-state index contributed by atoms with van der Waals surface area (Å²) in [5, 5.41) is 3.09. The molecule has 1 N–H and O–H groups in total. The van der Waals surface area contributed by atoms with Crippen molar-refractivity contribution in [1.82, 2.24) is 5.32 Å². The predicted molar refractivity (Wildman–Crippen MR) is 48.7 cm³/mol. The molecule has 1 unspecified atom stereocenters. The fourth-order valence-corrected chi connectivity index (χ4v) is 1.56. The van der Waals surface area contributed by atoms with E-state index in [0.717, 1.165) is 11.3 Å². The highest BCUT2D eigenvalue weighted by atomic mass is 19.1. The minimum Gasteiger partial charge on any atom is -0.491 e. The van der Waals surface area contributed by atoms with Gasteiger partial charge in [0.05, 0.1) is 6.04 Å². The first-order valence-electron chi connectivity index (χ1n) is 4.43. The van der Waals surface area contributed by atoms with Gasteiger partial charge in [-0.1, -0.05) is 18.2 Å². The summed E-state index contributed by atoms with van der Waals surface area (Å²) in [7, 11) is 0. The van der Waals surface area contributed by atoms with Gasteiger partial charge < -0.3 is 10.1 Å². The maximum absolute atomic E-state index is 11.9. The third-order valence-electron chi connectivity index (χ3n) is 2.19. The molecule has 1 aliphatic heterocycles. The van der Waals surface area contributed by atoms with Gasteiger partial charge in [-0.25, -0.2) is 4.39 Å². The van der Waals surface area contributed by atoms with E-state index in [-0.39, 0.29) is 12.7 Å². The van der Waals surface area contributed by atoms with Crippen LogP contribution in [0.4, 0.5) is 4.39 Å². The molecule has 0 amide bonds. The lowest BCUT2D eigenvalue weighted by Crippen LogP contribution is -2.24. The summed E-state index contributed by atoms with van der Waals surface area (Å²) in [4.78, 5) is 0. The second-order valence-corrected chi connectivity index (χ2v) is 3.04. The van der Waals surface area contributed by atoms with Crippen molar-refractivity contribution in [3.8, 4) is 5.75 Å². The Morgan fingerprint density at radius 1 is 1.46 bits per heavy atom. The van der Waals surface area contributed by atoms with Crippen LogP contribution in [0.25, 0.3) is 0 Å². The van der Waals surface area contributed by atoms with Crippen LogP contribution in [0.15, 0.2) is 24.3 Å². The van der Waals surface area contributed by atoms with Crippen LogP contribution in [0.1, 0.15) is 11.6 Å². The average molecular weight is 181 g/mol. The Morgan fingerprint density at radius 2 is 2.31 bits per heavy atom. The smallest absolute Gasteiger partial charge is 0.124 e. The molecule has 1 aliphatic rings. The van der Waals surface area contributed by atoms with Crippen LogP contribution >= 0.6 is 0 Å². The highest BCUT2D eigenvalue weighted by Crippen LogP contribution is 2.31. The lowest BCUT2D eigenvalue weighted by molar-refractivity contribution is 0.306. The number of benzene rings is 1. The first-order chi connectivity index (χ1) is 6.42. The third kappa shape index (κ3) is 1.65. The summed E-state index contributed by atoms with van der Waals surface area (Å²) in [5.74, 6) is 0.916. The number of ether oxygens (including phenoxy) is 1. The fraction of sp³-hybridized carbons (Fsp3) is 0.400. The van der Waals surface area contributed by atoms with Crippen LogP contribution in [-0.4, -0.2) is 19.8 Å². The molecule has 0 saturated carbocycles. The molecule has 0 bridgehead atoms. The molecule has 13 heavy (non-hydrogen) atoms. The van der Waals surface area contributed by atoms with Crippen LogP contribution < -0.4 is 10.1 Å². The second-order valence-electron chi connectivity index (χ2n) is 3.04. The number of para-hydroxylation sites is 1. The van der Waals surface area contributed by atoms with Crippen molar-refractivity contribution in [2.45, 2.75) is 6.04 Å². The standard InChI is InChI=1S/C10H12FNO/c11-5-6-12-9-7-13-10-4-2-1-3-8(9)10/h1-4,9,12H,5-7H2. The van der Waals surface area contributed by atoms with E-state index in [9.17, 15) is 4.39 Å². The molecular formula is C10H12FNO. The second kappa shape index (κ2) is 3.75. The van der Waals surface area contributed by atoms with Crippen LogP contribution in [0, 0.1) is 0 Å². The Hall–Kier alpha value is -1.09. The van der Waals surface area contributed by atoms with Gasteiger partial charge in [-0.15, -0.1) is 0 Å². The Kier molecular flexibility index (Phi) is 2.45. The van der Waals surface area contributed by atoms with Crippen molar-refractivity contribution in [3.05, 3.63) is 29.8 Å². The summed E-state index contributed by atoms with van der Waals surface area (Å²) in [6, 6.07) is 8.02. The molecule has 0 saturated heterocycles. The molecule has 0 radical (unpaired) electrons. The fourth-order valence-electron chi connectivity index (χ4n) is 1.56. The minimum atomic E-state index is -0.335. The van der Waals surface area contributed by atoms with E-state index in [1.807, 2.05) is 24.3 Å². The first-order valence-corrected chi connectivity index (χ1v) is 4.43. The molecule has 1 aromatic carbocycles. The van der Waals surface area contributed by atoms with Crippen molar-refractivity contribution in [2.24, 2.45) is 0 Å². The van der Waals surface area contributed by atoms with Gasteiger partial charge in [0.1, 0.15) is 19.0 Å². The molecule has 70 valence electrons. The number of halogens is 1. The Morgan fingerprint density at radius 3 is 3.15 bits per heavy atom. The Bertz CT molecular complexity index is 290. The van der Waals surface area contributed by atoms with E-state index >= 15 is 0 Å². The molecule has 2 nitrogen and oxygen atoms in total. The van der Waals surface area contributed by atoms with Crippen molar-refractivity contribution in [2.75, 3.05) is 19.8 Å². The summed E-state index contributed by atoms with van der Waals surface area (Å²) < 4.78 is 17.3. The highest BCUT2D eigenvalue weighted by Gasteiger charge is 2.22. The predicted octanol–water partition coefficient (Wildman–Crippen LogP) is 1.68. The first kappa shape index (κ1) is 8.51. The normalized spacial score (nSPS) is 19.6. The molecule has 0 spiro atoms. The Balaban J connectivity index is 2.09. The molecule has 1 heterocycles. The molecular weight excluding hydrogens is 169 g/mol. The van der Waals surface area contributed by atoms with Crippen LogP contribution in [0.5, 0.6) is 5.75 Å². The van der Waals surface area contributed by atoms with E-state index in [1.54, 1.807) is 0 Å². The summed E-state index contributed by atoms with van der Waals surface area (Å²) in [6.45, 7) is 0.667. The van der Waals surface area contributed by atoms with Gasteiger partial charge in [0.15, 0.2) is 0 Å². The van der Waals surface area contributed by atoms with E-state index in [0.29, 0.717) is 13.2 Å². The number of rotatable bonds is 3. The van der Waals surface area contributed by atoms with Crippen LogP contribution in [0.2, 0.25) is 0 Å². The average Bonchev–Trinajstić information content (AvgIpc) is 2.58. The molecule has 0 aromatic heterocycles. The molecule has 2 rings (SSSR count). The van der Waals surface area contributed by atoms with Gasteiger partial charge in [-0.2, -0.15) is 0 Å². The minimum absolute atomic E-state index is 0.159. The van der Waals surface area contributed by atoms with E-state index in [2.05, 4.69) is 5.32 Å². The summed E-state index contributed by atoms with van der Waals surface area (Å²) >= 11 is 0. The van der Waals surface area contributed by atoms with Crippen LogP contribution in [0.3, 0.4) is 0 Å². The molecule has 3 heteroatoms. The zero-order chi connectivity index (χ0) is 9.10. The zero-order valence-electron chi connectivity index (χ0n) is 7.29. The molecule has 0 fully saturated rings. The summed E-state index contributed by atoms with van der Waals surface area (Å²) in [6.07, 6.45) is 0. The van der Waals surface area contributed by atoms with Crippen molar-refractivity contribution >= 4 is 0 Å². The van der Waals surface area contributed by atoms with Crippen molar-refractivity contribution < 1.29 is 9.13 Å². The number of alkyl halides is 1. The molecule has 0 aliphatic carbocycles. The van der Waals surface area contributed by atoms with E-state index < -0.39 is 0 Å². The van der Waals surface area contributed by atoms with E-state index in [1.165, 1.54) is 0 Å². The zero-order valence-corrected chi connectivity index (χ0v) is 7.29. The lowest BCUT2D eigenvalue weighted by atomic mass is 10.1.